The summed E-state index contributed by atoms with van der Waals surface area (Å²) in [5.41, 5.74) is 6.44. The van der Waals surface area contributed by atoms with Crippen molar-refractivity contribution in [2.24, 2.45) is 0 Å². The summed E-state index contributed by atoms with van der Waals surface area (Å²) in [7, 11) is -1.59. The van der Waals surface area contributed by atoms with Crippen LogP contribution >= 0.6 is 11.6 Å². The summed E-state index contributed by atoms with van der Waals surface area (Å²) in [6.07, 6.45) is 0. The van der Waals surface area contributed by atoms with Gasteiger partial charge in [0.05, 0.1) is 20.7 Å². The van der Waals surface area contributed by atoms with Crippen LogP contribution < -0.4 is 11.1 Å². The Balaban J connectivity index is 2.02. The van der Waals surface area contributed by atoms with E-state index in [9.17, 15) is 13.4 Å². The molecule has 0 saturated heterocycles. The van der Waals surface area contributed by atoms with Crippen LogP contribution in [-0.4, -0.2) is 15.9 Å². The highest BCUT2D eigenvalue weighted by Gasteiger charge is 2.13. The van der Waals surface area contributed by atoms with Gasteiger partial charge in [0.25, 0.3) is 0 Å². The number of hydrogen-bond donors (Lipinski definition) is 2. The summed E-state index contributed by atoms with van der Waals surface area (Å²) in [4.78, 5) is 12.1. The van der Waals surface area contributed by atoms with Gasteiger partial charge in [0, 0.05) is 11.4 Å². The highest BCUT2D eigenvalue weighted by atomic mass is 35.5. The van der Waals surface area contributed by atoms with Gasteiger partial charge < -0.3 is 11.1 Å². The molecule has 1 atom stereocenters. The van der Waals surface area contributed by atoms with Crippen molar-refractivity contribution < 1.29 is 13.4 Å². The quantitative estimate of drug-likeness (QED) is 0.849. The minimum absolute atomic E-state index is 0.249. The van der Waals surface area contributed by atoms with Crippen LogP contribution in [0.1, 0.15) is 0 Å². The number of carbonyl (C=O) groups excluding carboxylic acids is 1. The molecule has 2 aromatic rings. The average Bonchev–Trinajstić information content (AvgIpc) is 2.41. The Bertz CT molecular complexity index is 692. The van der Waals surface area contributed by atoms with E-state index in [0.717, 1.165) is 0 Å². The van der Waals surface area contributed by atoms with Crippen LogP contribution in [0.4, 0.5) is 15.8 Å². The fourth-order valence-electron chi connectivity index (χ4n) is 1.63. The minimum atomic E-state index is -1.59. The Labute approximate surface area is 128 Å². The first-order valence-corrected chi connectivity index (χ1v) is 7.64. The number of amides is 1. The van der Waals surface area contributed by atoms with Gasteiger partial charge in [-0.15, -0.1) is 0 Å². The van der Waals surface area contributed by atoms with Gasteiger partial charge in [-0.2, -0.15) is 0 Å². The van der Waals surface area contributed by atoms with E-state index in [4.69, 9.17) is 17.3 Å². The zero-order chi connectivity index (χ0) is 15.4. The number of halogens is 2. The van der Waals surface area contributed by atoms with Crippen molar-refractivity contribution in [3.63, 3.8) is 0 Å². The third kappa shape index (κ3) is 4.27. The van der Waals surface area contributed by atoms with Crippen molar-refractivity contribution >= 4 is 39.7 Å². The maximum atomic E-state index is 12.7. The smallest absolute Gasteiger partial charge is 0.237 e. The lowest BCUT2D eigenvalue weighted by atomic mass is 10.3. The van der Waals surface area contributed by atoms with Gasteiger partial charge >= 0.3 is 0 Å². The molecule has 0 bridgehead atoms. The van der Waals surface area contributed by atoms with Crippen LogP contribution in [0.3, 0.4) is 0 Å². The van der Waals surface area contributed by atoms with Gasteiger partial charge in [-0.05, 0) is 42.5 Å². The van der Waals surface area contributed by atoms with E-state index < -0.39 is 22.5 Å². The van der Waals surface area contributed by atoms with Gasteiger partial charge in [-0.1, -0.05) is 11.6 Å². The molecule has 110 valence electrons. The van der Waals surface area contributed by atoms with E-state index >= 15 is 0 Å². The standard InChI is InChI=1S/C14H12ClFN2O2S/c15-12-7-10(17)3-6-13(12)21(20)8-14(19)18-11-4-1-9(16)2-5-11/h1-7H,8,17H2,(H,18,19). The predicted octanol–water partition coefficient (Wildman–Crippen LogP) is 2.81. The molecule has 0 aliphatic carbocycles. The zero-order valence-electron chi connectivity index (χ0n) is 10.8. The molecule has 0 aliphatic rings. The number of rotatable bonds is 4. The van der Waals surface area contributed by atoms with Crippen LogP contribution in [0, 0.1) is 5.82 Å². The average molecular weight is 327 g/mol. The Morgan fingerprint density at radius 1 is 1.24 bits per heavy atom. The van der Waals surface area contributed by atoms with Crippen molar-refractivity contribution in [2.75, 3.05) is 16.8 Å². The van der Waals surface area contributed by atoms with Gasteiger partial charge in [-0.25, -0.2) is 4.39 Å². The topological polar surface area (TPSA) is 72.2 Å². The van der Waals surface area contributed by atoms with Crippen LogP contribution in [0.5, 0.6) is 0 Å². The number of hydrogen-bond acceptors (Lipinski definition) is 3. The molecule has 1 unspecified atom stereocenters. The minimum Gasteiger partial charge on any atom is -0.399 e. The first kappa shape index (κ1) is 15.5. The molecule has 0 fully saturated rings. The summed E-state index contributed by atoms with van der Waals surface area (Å²) < 4.78 is 24.8. The highest BCUT2D eigenvalue weighted by Crippen LogP contribution is 2.22. The first-order chi connectivity index (χ1) is 9.95. The molecule has 3 N–H and O–H groups in total. The molecule has 0 radical (unpaired) electrons. The van der Waals surface area contributed by atoms with Crippen LogP contribution in [0.25, 0.3) is 0 Å². The molecular formula is C14H12ClFN2O2S. The van der Waals surface area contributed by atoms with E-state index in [1.807, 2.05) is 0 Å². The highest BCUT2D eigenvalue weighted by molar-refractivity contribution is 7.86. The molecule has 2 aromatic carbocycles. The lowest BCUT2D eigenvalue weighted by Crippen LogP contribution is -2.19. The summed E-state index contributed by atoms with van der Waals surface area (Å²) in [6.45, 7) is 0. The van der Waals surface area contributed by atoms with E-state index in [1.54, 1.807) is 6.07 Å². The Morgan fingerprint density at radius 2 is 1.90 bits per heavy atom. The number of nitrogens with one attached hydrogen (secondary N) is 1. The lowest BCUT2D eigenvalue weighted by molar-refractivity contribution is -0.113. The Hall–Kier alpha value is -1.92. The second kappa shape index (κ2) is 6.69. The second-order valence-corrected chi connectivity index (χ2v) is 6.06. The van der Waals surface area contributed by atoms with Gasteiger partial charge in [0.2, 0.25) is 5.91 Å². The third-order valence-electron chi connectivity index (χ3n) is 2.59. The zero-order valence-corrected chi connectivity index (χ0v) is 12.4. The molecule has 2 rings (SSSR count). The largest absolute Gasteiger partial charge is 0.399 e. The van der Waals surface area contributed by atoms with Gasteiger partial charge in [0.15, 0.2) is 0 Å². The third-order valence-corrected chi connectivity index (χ3v) is 4.39. The second-order valence-electron chi connectivity index (χ2n) is 4.23. The SMILES string of the molecule is Nc1ccc(S(=O)CC(=O)Nc2ccc(F)cc2)c(Cl)c1. The lowest BCUT2D eigenvalue weighted by Gasteiger charge is -2.07. The summed E-state index contributed by atoms with van der Waals surface area (Å²) >= 11 is 5.94. The molecule has 0 heterocycles. The molecule has 7 heteroatoms. The van der Waals surface area contributed by atoms with Crippen LogP contribution in [-0.2, 0) is 15.6 Å². The normalized spacial score (nSPS) is 11.9. The molecule has 0 saturated carbocycles. The molecule has 0 aromatic heterocycles. The summed E-state index contributed by atoms with van der Waals surface area (Å²) in [6, 6.07) is 9.87. The molecule has 1 amide bonds. The maximum Gasteiger partial charge on any atom is 0.237 e. The fraction of sp³-hybridized carbons (Fsp3) is 0.0714. The molecular weight excluding hydrogens is 315 g/mol. The molecule has 21 heavy (non-hydrogen) atoms. The van der Waals surface area contributed by atoms with Crippen molar-refractivity contribution in [1.29, 1.82) is 0 Å². The van der Waals surface area contributed by atoms with E-state index in [-0.39, 0.29) is 10.8 Å². The number of nitrogens with two attached hydrogens (primary N) is 1. The van der Waals surface area contributed by atoms with Crippen molar-refractivity contribution in [3.05, 3.63) is 53.3 Å². The Morgan fingerprint density at radius 3 is 2.52 bits per heavy atom. The number of carbonyl (C=O) groups is 1. The molecule has 4 nitrogen and oxygen atoms in total. The van der Waals surface area contributed by atoms with Gasteiger partial charge in [-0.3, -0.25) is 9.00 Å². The number of benzene rings is 2. The van der Waals surface area contributed by atoms with Gasteiger partial charge in [0.1, 0.15) is 11.6 Å². The van der Waals surface area contributed by atoms with Crippen molar-refractivity contribution in [2.45, 2.75) is 4.90 Å². The van der Waals surface area contributed by atoms with Crippen LogP contribution in [0.2, 0.25) is 5.02 Å². The summed E-state index contributed by atoms with van der Waals surface area (Å²) in [5.74, 6) is -1.10. The van der Waals surface area contributed by atoms with E-state index in [1.165, 1.54) is 36.4 Å². The molecule has 0 aliphatic heterocycles. The molecule has 0 spiro atoms. The fourth-order valence-corrected chi connectivity index (χ4v) is 3.04. The number of nitrogen functional groups attached to an aromatic ring is 1. The summed E-state index contributed by atoms with van der Waals surface area (Å²) in [5, 5.41) is 2.79. The monoisotopic (exact) mass is 326 g/mol. The predicted molar refractivity (Wildman–Crippen MR) is 82.2 cm³/mol. The number of anilines is 2. The van der Waals surface area contributed by atoms with E-state index in [0.29, 0.717) is 16.3 Å². The maximum absolute atomic E-state index is 12.7. The van der Waals surface area contributed by atoms with E-state index in [2.05, 4.69) is 5.32 Å². The van der Waals surface area contributed by atoms with Crippen molar-refractivity contribution in [1.82, 2.24) is 0 Å². The van der Waals surface area contributed by atoms with Crippen molar-refractivity contribution in [3.8, 4) is 0 Å². The Kier molecular flexibility index (Phi) is 4.93. The van der Waals surface area contributed by atoms with Crippen LogP contribution in [0.15, 0.2) is 47.4 Å². The first-order valence-electron chi connectivity index (χ1n) is 5.94.